The fourth-order valence-corrected chi connectivity index (χ4v) is 13.2. The number of aliphatic hydroxyl groups excluding tert-OH is 2. The average molecular weight is 1080 g/mol. The van der Waals surface area contributed by atoms with Gasteiger partial charge in [-0.15, -0.1) is 0 Å². The molecule has 0 bridgehead atoms. The number of carbonyl (C=O) groups is 1. The summed E-state index contributed by atoms with van der Waals surface area (Å²) in [6.45, 7) is 1.10. The highest BCUT2D eigenvalue weighted by Gasteiger charge is 2.85. The maximum atomic E-state index is 13.2. The van der Waals surface area contributed by atoms with Crippen LogP contribution in [0.1, 0.15) is 113 Å². The minimum atomic E-state index is -6.76. The predicted octanol–water partition coefficient (Wildman–Crippen LogP) is 8.25. The van der Waals surface area contributed by atoms with Crippen LogP contribution in [0.2, 0.25) is 0 Å². The van der Waals surface area contributed by atoms with Gasteiger partial charge in [0.2, 0.25) is 5.91 Å². The van der Waals surface area contributed by atoms with E-state index in [4.69, 9.17) is 14.2 Å². The number of rotatable bonds is 26. The molecule has 1 aromatic carbocycles. The lowest BCUT2D eigenvalue weighted by Crippen LogP contribution is -2.68. The number of unbranched alkanes of at least 4 members (excludes halogenated alkanes) is 3. The number of aromatic amines is 1. The highest BCUT2D eigenvalue weighted by atomic mass is 33.1. The van der Waals surface area contributed by atoms with E-state index in [0.717, 1.165) is 87.9 Å². The molecular formula is C48H67F9N4O9S2. The Labute approximate surface area is 420 Å². The second-order valence-corrected chi connectivity index (χ2v) is 22.3. The van der Waals surface area contributed by atoms with Crippen LogP contribution < -0.4 is 21.3 Å². The van der Waals surface area contributed by atoms with Crippen LogP contribution in [-0.2, 0) is 31.8 Å². The summed E-state index contributed by atoms with van der Waals surface area (Å²) in [6.07, 6.45) is -10.9. The first-order chi connectivity index (χ1) is 34.0. The van der Waals surface area contributed by atoms with Gasteiger partial charge in [-0.3, -0.25) is 19.1 Å². The van der Waals surface area contributed by atoms with Gasteiger partial charge in [0.25, 0.3) is 5.56 Å². The highest BCUT2D eigenvalue weighted by molar-refractivity contribution is 8.76. The lowest BCUT2D eigenvalue weighted by molar-refractivity contribution is -0.457. The van der Waals surface area contributed by atoms with Gasteiger partial charge in [0.1, 0.15) is 18.1 Å². The molecular weight excluding hydrogens is 1010 g/mol. The number of halogens is 9. The van der Waals surface area contributed by atoms with Crippen LogP contribution in [0.4, 0.5) is 39.5 Å². The topological polar surface area (TPSA) is 165 Å². The van der Waals surface area contributed by atoms with Gasteiger partial charge in [-0.05, 0) is 118 Å². The molecule has 2 aromatic rings. The average Bonchev–Trinajstić information content (AvgIpc) is 3.85. The number of aromatic nitrogens is 2. The number of ether oxygens (including phenoxy) is 4. The minimum absolute atomic E-state index is 0.0708. The number of hydrogen-bond acceptors (Lipinski definition) is 12. The number of nitrogens with one attached hydrogen (secondary N) is 2. The Balaban J connectivity index is 0.802. The van der Waals surface area contributed by atoms with Crippen LogP contribution in [0, 0.1) is 17.3 Å². The summed E-state index contributed by atoms with van der Waals surface area (Å²) in [5.74, 6) is 3.93. The summed E-state index contributed by atoms with van der Waals surface area (Å²) in [7, 11) is 5.04. The molecule has 8 atom stereocenters. The molecule has 2 saturated carbocycles. The van der Waals surface area contributed by atoms with Crippen LogP contribution in [-0.4, -0.2) is 138 Å². The maximum absolute atomic E-state index is 13.2. The van der Waals surface area contributed by atoms with Crippen LogP contribution >= 0.6 is 21.6 Å². The van der Waals surface area contributed by atoms with E-state index in [0.29, 0.717) is 30.9 Å². The minimum Gasteiger partial charge on any atom is -0.494 e. The van der Waals surface area contributed by atoms with Gasteiger partial charge in [-0.2, -0.15) is 39.5 Å². The number of aryl methyl sites for hydroxylation is 2. The number of likely N-dealkylation sites (N-methyl/N-ethyl adjacent to an activating group) is 1. The van der Waals surface area contributed by atoms with Crippen LogP contribution in [0.3, 0.4) is 0 Å². The summed E-state index contributed by atoms with van der Waals surface area (Å²) in [4.78, 5) is 40.6. The molecule has 24 heteroatoms. The molecule has 0 spiro atoms. The van der Waals surface area contributed by atoms with Crippen molar-refractivity contribution < 1.29 is 73.5 Å². The SMILES string of the molecule is CN(CCOC1CCC2C3CCc4cc(OCCCSSCCCCCCNC(=O)CCc5cn(C6CC(O)C(CO)O6)c(=O)[nH]c5=O)ccc4C3CCC12C)CCOC(C(F)(F)F)(C(F)(F)F)C(F)(F)F. The zero-order chi connectivity index (χ0) is 52.5. The first-order valence-corrected chi connectivity index (χ1v) is 27.2. The molecule has 8 unspecified atom stereocenters. The Kier molecular flexibility index (Phi) is 20.4. The molecule has 0 radical (unpaired) electrons. The van der Waals surface area contributed by atoms with E-state index in [2.05, 4.69) is 40.2 Å². The quantitative estimate of drug-likeness (QED) is 0.0406. The van der Waals surface area contributed by atoms with Crippen LogP contribution in [0.25, 0.3) is 0 Å². The molecule has 1 aromatic heterocycles. The molecule has 3 aliphatic carbocycles. The molecule has 6 rings (SSSR count). The third-order valence-electron chi connectivity index (χ3n) is 15.0. The highest BCUT2D eigenvalue weighted by Crippen LogP contribution is 2.62. The second-order valence-electron chi connectivity index (χ2n) is 19.6. The van der Waals surface area contributed by atoms with E-state index in [1.165, 1.54) is 33.8 Å². The van der Waals surface area contributed by atoms with Gasteiger partial charge in [0.05, 0.1) is 38.6 Å². The molecule has 1 aliphatic heterocycles. The molecule has 408 valence electrons. The fourth-order valence-electron chi connectivity index (χ4n) is 11.0. The van der Waals surface area contributed by atoms with Gasteiger partial charge in [0.15, 0.2) is 0 Å². The monoisotopic (exact) mass is 1080 g/mol. The van der Waals surface area contributed by atoms with Crippen molar-refractivity contribution in [2.45, 2.75) is 151 Å². The number of aliphatic hydroxyl groups is 2. The van der Waals surface area contributed by atoms with Crippen molar-refractivity contribution >= 4 is 27.5 Å². The van der Waals surface area contributed by atoms with Crippen LogP contribution in [0.15, 0.2) is 34.0 Å². The lowest BCUT2D eigenvalue weighted by atomic mass is 9.55. The number of fused-ring (bicyclic) bond motifs is 5. The van der Waals surface area contributed by atoms with Crippen molar-refractivity contribution in [1.29, 1.82) is 0 Å². The van der Waals surface area contributed by atoms with Gasteiger partial charge < -0.3 is 39.4 Å². The van der Waals surface area contributed by atoms with Gasteiger partial charge in [-0.1, -0.05) is 47.4 Å². The molecule has 4 N–H and O–H groups in total. The second kappa shape index (κ2) is 25.2. The van der Waals surface area contributed by atoms with Crippen molar-refractivity contribution in [3.05, 3.63) is 61.9 Å². The van der Waals surface area contributed by atoms with Crippen molar-refractivity contribution in [3.63, 3.8) is 0 Å². The number of amides is 1. The smallest absolute Gasteiger partial charge is 0.435 e. The Morgan fingerprint density at radius 1 is 0.931 bits per heavy atom. The normalized spacial score (nSPS) is 25.6. The van der Waals surface area contributed by atoms with Gasteiger partial charge in [0, 0.05) is 55.7 Å². The number of H-pyrrole nitrogens is 1. The van der Waals surface area contributed by atoms with E-state index in [1.54, 1.807) is 0 Å². The number of nitrogens with zero attached hydrogens (tertiary/aromatic N) is 2. The largest absolute Gasteiger partial charge is 0.494 e. The fraction of sp³-hybridized carbons (Fsp3) is 0.771. The third-order valence-corrected chi connectivity index (χ3v) is 17.5. The van der Waals surface area contributed by atoms with Gasteiger partial charge in [-0.25, -0.2) is 4.79 Å². The van der Waals surface area contributed by atoms with Crippen molar-refractivity contribution in [1.82, 2.24) is 19.8 Å². The zero-order valence-corrected chi connectivity index (χ0v) is 42.1. The summed E-state index contributed by atoms with van der Waals surface area (Å²) in [6, 6.07) is 6.44. The number of carbonyl (C=O) groups excluding carboxylic acids is 1. The Hall–Kier alpha value is -3.00. The van der Waals surface area contributed by atoms with Crippen LogP contribution in [0.5, 0.6) is 5.75 Å². The maximum Gasteiger partial charge on any atom is 0.435 e. The molecule has 2 heterocycles. The molecule has 3 fully saturated rings. The number of hydrogen-bond donors (Lipinski definition) is 4. The summed E-state index contributed by atoms with van der Waals surface area (Å²) >= 11 is 0. The summed E-state index contributed by atoms with van der Waals surface area (Å²) in [5.41, 5.74) is -4.75. The third kappa shape index (κ3) is 13.9. The lowest BCUT2D eigenvalue weighted by Gasteiger charge is -2.50. The zero-order valence-electron chi connectivity index (χ0n) is 40.5. The van der Waals surface area contributed by atoms with Crippen molar-refractivity contribution in [2.24, 2.45) is 17.3 Å². The first kappa shape index (κ1) is 58.3. The number of alkyl halides is 9. The predicted molar refractivity (Wildman–Crippen MR) is 253 cm³/mol. The molecule has 1 amide bonds. The Morgan fingerprint density at radius 3 is 2.32 bits per heavy atom. The van der Waals surface area contributed by atoms with E-state index < -0.39 is 73.6 Å². The van der Waals surface area contributed by atoms with E-state index in [9.17, 15) is 64.1 Å². The van der Waals surface area contributed by atoms with Crippen molar-refractivity contribution in [3.8, 4) is 5.75 Å². The summed E-state index contributed by atoms with van der Waals surface area (Å²) < 4.78 is 142. The van der Waals surface area contributed by atoms with E-state index >= 15 is 0 Å². The van der Waals surface area contributed by atoms with Crippen molar-refractivity contribution in [2.75, 3.05) is 64.6 Å². The van der Waals surface area contributed by atoms with E-state index in [-0.39, 0.29) is 55.4 Å². The summed E-state index contributed by atoms with van der Waals surface area (Å²) in [5, 5.41) is 22.2. The Bertz CT molecular complexity index is 2160. The molecule has 13 nitrogen and oxygen atoms in total. The van der Waals surface area contributed by atoms with Gasteiger partial charge >= 0.3 is 29.8 Å². The molecule has 4 aliphatic rings. The molecule has 72 heavy (non-hydrogen) atoms. The standard InChI is InChI=1S/C48H67F9N4O9S2/c1-44-17-16-34-33-12-10-32(26-30(33)8-11-35(34)36(44)13-14-39(44)68-22-19-60(2)20-23-69-45(46(49,50)51,47(52,53)54)48(55,56)57)67-21-7-25-72-71-24-6-4-3-5-18-58-40(64)15-9-31-28-61(43(66)59-42(31)65)41-27-37(63)38(29-62)70-41/h10,12,26,28,34-39,41,62-63H,3-9,11,13-25,27,29H2,1-2H3,(H,58,64)(H,59,65,66). The first-order valence-electron chi connectivity index (χ1n) is 24.7. The molecule has 1 saturated heterocycles. The Morgan fingerprint density at radius 2 is 1.62 bits per heavy atom. The number of benzene rings is 1. The van der Waals surface area contributed by atoms with E-state index in [1.807, 2.05) is 21.6 Å².